The number of hydrogen-bond acceptors (Lipinski definition) is 3. The van der Waals surface area contributed by atoms with Crippen LogP contribution in [0.1, 0.15) is 40.7 Å². The fourth-order valence-corrected chi connectivity index (χ4v) is 4.06. The van der Waals surface area contributed by atoms with E-state index in [2.05, 4.69) is 5.32 Å². The van der Waals surface area contributed by atoms with Crippen molar-refractivity contribution in [2.75, 3.05) is 19.6 Å². The van der Waals surface area contributed by atoms with E-state index in [0.717, 1.165) is 5.56 Å². The summed E-state index contributed by atoms with van der Waals surface area (Å²) in [5.74, 6) is 0.236. The highest BCUT2D eigenvalue weighted by Crippen LogP contribution is 2.33. The van der Waals surface area contributed by atoms with Gasteiger partial charge in [-0.15, -0.1) is 0 Å². The Bertz CT molecular complexity index is 935. The third-order valence-electron chi connectivity index (χ3n) is 5.87. The number of carbonyl (C=O) groups excluding carboxylic acids is 2. The monoisotopic (exact) mass is 396 g/mol. The molecule has 5 nitrogen and oxygen atoms in total. The number of rotatable bonds is 3. The summed E-state index contributed by atoms with van der Waals surface area (Å²) < 4.78 is 20.1. The highest BCUT2D eigenvalue weighted by atomic mass is 19.1. The minimum Gasteiger partial charge on any atom is -0.484 e. The third-order valence-corrected chi connectivity index (χ3v) is 5.87. The molecule has 2 heterocycles. The van der Waals surface area contributed by atoms with E-state index in [4.69, 9.17) is 4.74 Å². The van der Waals surface area contributed by atoms with Gasteiger partial charge in [0, 0.05) is 32.4 Å². The Morgan fingerprint density at radius 3 is 2.72 bits per heavy atom. The summed E-state index contributed by atoms with van der Waals surface area (Å²) in [4.78, 5) is 26.8. The molecular weight excluding hydrogens is 371 g/mol. The summed E-state index contributed by atoms with van der Waals surface area (Å²) in [6.45, 7) is 3.50. The van der Waals surface area contributed by atoms with Gasteiger partial charge in [0.05, 0.1) is 12.1 Å². The van der Waals surface area contributed by atoms with Crippen LogP contribution in [0.15, 0.2) is 42.5 Å². The number of amides is 2. The quantitative estimate of drug-likeness (QED) is 0.867. The number of benzene rings is 2. The second kappa shape index (κ2) is 7.85. The van der Waals surface area contributed by atoms with Gasteiger partial charge in [-0.1, -0.05) is 29.8 Å². The number of aryl methyl sites for hydroxylation is 2. The van der Waals surface area contributed by atoms with Crippen LogP contribution in [0, 0.1) is 12.7 Å². The number of nitrogens with one attached hydrogen (secondary N) is 1. The predicted molar refractivity (Wildman–Crippen MR) is 107 cm³/mol. The molecule has 1 spiro atoms. The highest BCUT2D eigenvalue weighted by molar-refractivity contribution is 5.97. The van der Waals surface area contributed by atoms with Crippen molar-refractivity contribution in [1.29, 1.82) is 0 Å². The van der Waals surface area contributed by atoms with Gasteiger partial charge in [0.15, 0.2) is 0 Å². The first-order chi connectivity index (χ1) is 14.0. The van der Waals surface area contributed by atoms with Gasteiger partial charge in [-0.25, -0.2) is 4.39 Å². The van der Waals surface area contributed by atoms with Crippen LogP contribution in [0.4, 0.5) is 4.39 Å². The fourth-order valence-electron chi connectivity index (χ4n) is 4.06. The molecule has 2 amide bonds. The van der Waals surface area contributed by atoms with Crippen LogP contribution >= 0.6 is 0 Å². The van der Waals surface area contributed by atoms with Gasteiger partial charge < -0.3 is 15.0 Å². The van der Waals surface area contributed by atoms with Gasteiger partial charge in [-0.2, -0.15) is 0 Å². The molecule has 2 aromatic carbocycles. The average molecular weight is 396 g/mol. The molecule has 1 saturated heterocycles. The summed E-state index contributed by atoms with van der Waals surface area (Å²) in [6, 6.07) is 12.2. The van der Waals surface area contributed by atoms with Crippen molar-refractivity contribution in [1.82, 2.24) is 10.2 Å². The Labute approximate surface area is 169 Å². The number of nitrogens with zero attached hydrogens (tertiary/aromatic N) is 1. The van der Waals surface area contributed by atoms with Gasteiger partial charge in [0.1, 0.15) is 17.2 Å². The number of piperidine rings is 1. The Hall–Kier alpha value is -2.89. The average Bonchev–Trinajstić information content (AvgIpc) is 2.85. The van der Waals surface area contributed by atoms with Crippen LogP contribution < -0.4 is 10.1 Å². The Balaban J connectivity index is 1.38. The van der Waals surface area contributed by atoms with Gasteiger partial charge in [0.2, 0.25) is 5.91 Å². The van der Waals surface area contributed by atoms with Crippen LogP contribution in [0.3, 0.4) is 0 Å². The second-order valence-corrected chi connectivity index (χ2v) is 7.94. The van der Waals surface area contributed by atoms with Crippen molar-refractivity contribution in [2.24, 2.45) is 0 Å². The highest BCUT2D eigenvalue weighted by Gasteiger charge is 2.40. The van der Waals surface area contributed by atoms with E-state index in [-0.39, 0.29) is 24.1 Å². The van der Waals surface area contributed by atoms with E-state index >= 15 is 0 Å². The second-order valence-electron chi connectivity index (χ2n) is 7.94. The zero-order chi connectivity index (χ0) is 20.4. The van der Waals surface area contributed by atoms with Gasteiger partial charge in [0.25, 0.3) is 5.91 Å². The summed E-state index contributed by atoms with van der Waals surface area (Å²) in [7, 11) is 0. The lowest BCUT2D eigenvalue weighted by molar-refractivity contribution is -0.134. The molecule has 0 radical (unpaired) electrons. The van der Waals surface area contributed by atoms with Crippen molar-refractivity contribution in [3.63, 3.8) is 0 Å². The topological polar surface area (TPSA) is 58.6 Å². The van der Waals surface area contributed by atoms with E-state index in [1.807, 2.05) is 30.0 Å². The molecular formula is C23H25FN2O3. The number of fused-ring (bicyclic) bond motifs is 1. The molecule has 0 bridgehead atoms. The van der Waals surface area contributed by atoms with Gasteiger partial charge in [-0.3, -0.25) is 9.59 Å². The molecule has 0 aliphatic carbocycles. The maximum Gasteiger partial charge on any atom is 0.255 e. The fraction of sp³-hybridized carbons (Fsp3) is 0.391. The third kappa shape index (κ3) is 4.11. The molecule has 152 valence electrons. The summed E-state index contributed by atoms with van der Waals surface area (Å²) >= 11 is 0. The number of carbonyl (C=O) groups is 2. The minimum atomic E-state index is -0.502. The summed E-state index contributed by atoms with van der Waals surface area (Å²) in [6.07, 6.45) is 1.97. The lowest BCUT2D eigenvalue weighted by Crippen LogP contribution is -2.54. The Kier molecular flexibility index (Phi) is 5.26. The normalized spacial score (nSPS) is 17.9. The van der Waals surface area contributed by atoms with Crippen LogP contribution in [0.2, 0.25) is 0 Å². The molecule has 0 unspecified atom stereocenters. The van der Waals surface area contributed by atoms with E-state index in [0.29, 0.717) is 55.8 Å². The first-order valence-corrected chi connectivity index (χ1v) is 10.0. The van der Waals surface area contributed by atoms with Crippen LogP contribution in [0.25, 0.3) is 0 Å². The molecule has 2 aliphatic rings. The summed E-state index contributed by atoms with van der Waals surface area (Å²) in [5.41, 5.74) is 1.63. The lowest BCUT2D eigenvalue weighted by atomic mass is 9.90. The van der Waals surface area contributed by atoms with Gasteiger partial charge in [-0.05, 0) is 37.1 Å². The minimum absolute atomic E-state index is 0.0248. The van der Waals surface area contributed by atoms with Crippen molar-refractivity contribution < 1.29 is 18.7 Å². The maximum atomic E-state index is 13.8. The van der Waals surface area contributed by atoms with Gasteiger partial charge >= 0.3 is 0 Å². The largest absolute Gasteiger partial charge is 0.484 e. The van der Waals surface area contributed by atoms with Crippen molar-refractivity contribution in [2.45, 2.75) is 38.2 Å². The first kappa shape index (κ1) is 19.4. The molecule has 4 rings (SSSR count). The maximum absolute atomic E-state index is 13.8. The smallest absolute Gasteiger partial charge is 0.255 e. The summed E-state index contributed by atoms with van der Waals surface area (Å²) in [5, 5.41) is 2.98. The molecule has 2 aliphatic heterocycles. The van der Waals surface area contributed by atoms with E-state index in [1.54, 1.807) is 18.2 Å². The Morgan fingerprint density at radius 1 is 1.21 bits per heavy atom. The van der Waals surface area contributed by atoms with Crippen molar-refractivity contribution in [3.8, 4) is 5.75 Å². The molecule has 0 atom stereocenters. The molecule has 0 saturated carbocycles. The van der Waals surface area contributed by atoms with Crippen molar-refractivity contribution in [3.05, 3.63) is 65.0 Å². The molecule has 2 aromatic rings. The predicted octanol–water partition coefficient (Wildman–Crippen LogP) is 3.25. The SMILES string of the molecule is Cc1ccc2c(c1)C(=O)NCC1(CCN(C(=O)CCc3ccccc3F)CC1)O2. The molecule has 1 fully saturated rings. The van der Waals surface area contributed by atoms with E-state index in [1.165, 1.54) is 6.07 Å². The lowest BCUT2D eigenvalue weighted by Gasteiger charge is -2.41. The molecule has 6 heteroatoms. The molecule has 29 heavy (non-hydrogen) atoms. The number of likely N-dealkylation sites (tertiary alicyclic amines) is 1. The van der Waals surface area contributed by atoms with Crippen LogP contribution in [-0.4, -0.2) is 41.9 Å². The standard InChI is InChI=1S/C23H25FN2O3/c1-16-6-8-20-18(14-16)22(28)25-15-23(29-20)10-12-26(13-11-23)21(27)9-7-17-4-2-3-5-19(17)24/h2-6,8,14H,7,9-13,15H2,1H3,(H,25,28). The molecule has 1 N–H and O–H groups in total. The first-order valence-electron chi connectivity index (χ1n) is 10.0. The Morgan fingerprint density at radius 2 is 1.97 bits per heavy atom. The zero-order valence-corrected chi connectivity index (χ0v) is 16.5. The zero-order valence-electron chi connectivity index (χ0n) is 16.5. The number of halogens is 1. The van der Waals surface area contributed by atoms with Crippen LogP contribution in [0.5, 0.6) is 5.75 Å². The van der Waals surface area contributed by atoms with E-state index in [9.17, 15) is 14.0 Å². The van der Waals surface area contributed by atoms with Crippen molar-refractivity contribution >= 4 is 11.8 Å². The van der Waals surface area contributed by atoms with E-state index < -0.39 is 5.60 Å². The molecule has 0 aromatic heterocycles. The number of ether oxygens (including phenoxy) is 1. The van der Waals surface area contributed by atoms with Crippen LogP contribution in [-0.2, 0) is 11.2 Å². The number of hydrogen-bond donors (Lipinski definition) is 1.